The normalized spacial score (nSPS) is 21.5. The predicted molar refractivity (Wildman–Crippen MR) is 69.4 cm³/mol. The summed E-state index contributed by atoms with van der Waals surface area (Å²) in [6.45, 7) is 11.4. The van der Waals surface area contributed by atoms with E-state index in [9.17, 15) is 0 Å². The van der Waals surface area contributed by atoms with Crippen LogP contribution in [0, 0.1) is 0 Å². The van der Waals surface area contributed by atoms with Gasteiger partial charge in [-0.05, 0) is 39.8 Å². The quantitative estimate of drug-likeness (QED) is 0.344. The average molecular weight is 262 g/mol. The Hall–Kier alpha value is 0.0569. The average Bonchev–Trinajstić information content (AvgIpc) is 2.99. The van der Waals surface area contributed by atoms with E-state index >= 15 is 0 Å². The van der Waals surface area contributed by atoms with Gasteiger partial charge in [0.25, 0.3) is 0 Å². The second kappa shape index (κ2) is 7.48. The lowest BCUT2D eigenvalue weighted by atomic mass is 10.2. The maximum atomic E-state index is 5.95. The first kappa shape index (κ1) is 15.1. The lowest BCUT2D eigenvalue weighted by molar-refractivity contribution is 0.0916. The van der Waals surface area contributed by atoms with E-state index in [4.69, 9.17) is 18.3 Å². The van der Waals surface area contributed by atoms with Gasteiger partial charge in [-0.3, -0.25) is 0 Å². The van der Waals surface area contributed by atoms with E-state index in [0.717, 1.165) is 39.3 Å². The van der Waals surface area contributed by atoms with Gasteiger partial charge in [0.05, 0.1) is 13.2 Å². The minimum absolute atomic E-state index is 0.254. The van der Waals surface area contributed by atoms with Gasteiger partial charge in [0.1, 0.15) is 6.10 Å². The Morgan fingerprint density at radius 1 is 1.41 bits per heavy atom. The Morgan fingerprint density at radius 2 is 2.12 bits per heavy atom. The van der Waals surface area contributed by atoms with E-state index < -0.39 is 8.56 Å². The number of hydrogen-bond acceptors (Lipinski definition) is 4. The second-order valence-electron chi connectivity index (χ2n) is 4.93. The minimum atomic E-state index is -1.90. The van der Waals surface area contributed by atoms with Crippen molar-refractivity contribution in [3.05, 3.63) is 0 Å². The van der Waals surface area contributed by atoms with E-state index in [1.165, 1.54) is 0 Å². The van der Waals surface area contributed by atoms with Gasteiger partial charge in [-0.2, -0.15) is 0 Å². The molecule has 0 radical (unpaired) electrons. The highest BCUT2D eigenvalue weighted by molar-refractivity contribution is 6.64. The molecule has 0 N–H and O–H groups in total. The molecule has 2 unspecified atom stereocenters. The Balaban J connectivity index is 1.97. The van der Waals surface area contributed by atoms with Crippen molar-refractivity contribution in [2.45, 2.75) is 52.0 Å². The fraction of sp³-hybridized carbons (Fsp3) is 1.00. The third-order valence-corrected chi connectivity index (χ3v) is 4.54. The van der Waals surface area contributed by atoms with Crippen LogP contribution < -0.4 is 0 Å². The molecule has 0 aliphatic carbocycles. The summed E-state index contributed by atoms with van der Waals surface area (Å²) in [5, 5.41) is 0. The van der Waals surface area contributed by atoms with Crippen molar-refractivity contribution in [2.75, 3.05) is 26.4 Å². The highest BCUT2D eigenvalue weighted by Crippen LogP contribution is 2.13. The molecule has 1 saturated heterocycles. The highest BCUT2D eigenvalue weighted by Gasteiger charge is 2.26. The summed E-state index contributed by atoms with van der Waals surface area (Å²) in [7, 11) is -1.90. The summed E-state index contributed by atoms with van der Waals surface area (Å²) in [5.74, 6) is 0. The zero-order valence-corrected chi connectivity index (χ0v) is 12.5. The highest BCUT2D eigenvalue weighted by atomic mass is 28.4. The van der Waals surface area contributed by atoms with Crippen molar-refractivity contribution < 1.29 is 18.3 Å². The molecular weight excluding hydrogens is 236 g/mol. The van der Waals surface area contributed by atoms with Crippen LogP contribution in [0.1, 0.15) is 26.7 Å². The van der Waals surface area contributed by atoms with Crippen molar-refractivity contribution in [2.24, 2.45) is 0 Å². The van der Waals surface area contributed by atoms with Crippen molar-refractivity contribution in [3.63, 3.8) is 0 Å². The summed E-state index contributed by atoms with van der Waals surface area (Å²) in [6, 6.07) is 0. The smallest absolute Gasteiger partial charge is 0.331 e. The van der Waals surface area contributed by atoms with Gasteiger partial charge in [-0.15, -0.1) is 0 Å². The van der Waals surface area contributed by atoms with Crippen molar-refractivity contribution in [1.29, 1.82) is 0 Å². The predicted octanol–water partition coefficient (Wildman–Crippen LogP) is 2.33. The molecule has 1 aliphatic heterocycles. The Kier molecular flexibility index (Phi) is 6.65. The maximum absolute atomic E-state index is 5.95. The van der Waals surface area contributed by atoms with E-state index in [0.29, 0.717) is 6.10 Å². The molecule has 0 amide bonds. The largest absolute Gasteiger partial charge is 0.395 e. The number of hydrogen-bond donors (Lipinski definition) is 0. The van der Waals surface area contributed by atoms with Gasteiger partial charge in [0, 0.05) is 19.3 Å². The Bertz CT molecular complexity index is 207. The number of rotatable bonds is 10. The molecule has 0 bridgehead atoms. The lowest BCUT2D eigenvalue weighted by Gasteiger charge is -2.26. The summed E-state index contributed by atoms with van der Waals surface area (Å²) < 4.78 is 22.1. The van der Waals surface area contributed by atoms with Gasteiger partial charge in [-0.25, -0.2) is 0 Å². The van der Waals surface area contributed by atoms with Crippen LogP contribution in [0.15, 0.2) is 0 Å². The molecule has 5 heteroatoms. The topological polar surface area (TPSA) is 40.2 Å². The molecule has 0 aromatic carbocycles. The molecule has 0 saturated carbocycles. The van der Waals surface area contributed by atoms with Crippen molar-refractivity contribution in [3.8, 4) is 0 Å². The van der Waals surface area contributed by atoms with Gasteiger partial charge in [-0.1, -0.05) is 0 Å². The first-order chi connectivity index (χ1) is 8.03. The molecule has 17 heavy (non-hydrogen) atoms. The molecule has 1 aliphatic rings. The van der Waals surface area contributed by atoms with Crippen LogP contribution in [0.5, 0.6) is 0 Å². The summed E-state index contributed by atoms with van der Waals surface area (Å²) in [6.07, 6.45) is 2.68. The van der Waals surface area contributed by atoms with E-state index in [1.54, 1.807) is 0 Å². The summed E-state index contributed by atoms with van der Waals surface area (Å²) in [4.78, 5) is 0. The molecule has 0 spiro atoms. The third-order valence-electron chi connectivity index (χ3n) is 2.58. The third kappa shape index (κ3) is 7.89. The van der Waals surface area contributed by atoms with Gasteiger partial charge in [0.2, 0.25) is 0 Å². The molecule has 1 fully saturated rings. The summed E-state index contributed by atoms with van der Waals surface area (Å²) in [5.41, 5.74) is 0. The zero-order chi connectivity index (χ0) is 12.7. The van der Waals surface area contributed by atoms with Crippen LogP contribution in [-0.2, 0) is 18.3 Å². The fourth-order valence-electron chi connectivity index (χ4n) is 1.78. The van der Waals surface area contributed by atoms with Crippen molar-refractivity contribution >= 4 is 8.56 Å². The molecule has 0 aromatic heterocycles. The maximum Gasteiger partial charge on any atom is 0.331 e. The molecule has 1 heterocycles. The standard InChI is InChI=1S/C12H26O4Si/c1-5-15-17(3,4)16-11(2)7-6-8-13-9-12-10-14-12/h11-12H,5-10H2,1-4H3. The molecule has 4 nitrogen and oxygen atoms in total. The van der Waals surface area contributed by atoms with Gasteiger partial charge < -0.3 is 18.3 Å². The molecule has 2 atom stereocenters. The Labute approximate surface area is 106 Å². The SMILES string of the molecule is CCO[Si](C)(C)OC(C)CCCOCC1CO1. The lowest BCUT2D eigenvalue weighted by Crippen LogP contribution is -2.38. The molecule has 0 aromatic rings. The summed E-state index contributed by atoms with van der Waals surface area (Å²) >= 11 is 0. The van der Waals surface area contributed by atoms with Gasteiger partial charge >= 0.3 is 8.56 Å². The van der Waals surface area contributed by atoms with E-state index in [2.05, 4.69) is 20.0 Å². The number of ether oxygens (including phenoxy) is 2. The first-order valence-electron chi connectivity index (χ1n) is 6.54. The van der Waals surface area contributed by atoms with Crippen LogP contribution in [0.3, 0.4) is 0 Å². The van der Waals surface area contributed by atoms with Crippen LogP contribution in [-0.4, -0.2) is 47.2 Å². The van der Waals surface area contributed by atoms with Crippen LogP contribution >= 0.6 is 0 Å². The van der Waals surface area contributed by atoms with Gasteiger partial charge in [0.15, 0.2) is 0 Å². The monoisotopic (exact) mass is 262 g/mol. The van der Waals surface area contributed by atoms with Crippen molar-refractivity contribution in [1.82, 2.24) is 0 Å². The minimum Gasteiger partial charge on any atom is -0.395 e. The molecule has 102 valence electrons. The van der Waals surface area contributed by atoms with Crippen LogP contribution in [0.25, 0.3) is 0 Å². The van der Waals surface area contributed by atoms with Crippen LogP contribution in [0.2, 0.25) is 13.1 Å². The van der Waals surface area contributed by atoms with E-state index in [1.807, 2.05) is 6.92 Å². The fourth-order valence-corrected chi connectivity index (χ4v) is 3.63. The number of epoxide rings is 1. The second-order valence-corrected chi connectivity index (χ2v) is 8.26. The zero-order valence-electron chi connectivity index (χ0n) is 11.5. The molecule has 1 rings (SSSR count). The van der Waals surface area contributed by atoms with Crippen LogP contribution in [0.4, 0.5) is 0 Å². The Morgan fingerprint density at radius 3 is 2.71 bits per heavy atom. The van der Waals surface area contributed by atoms with E-state index in [-0.39, 0.29) is 6.10 Å². The first-order valence-corrected chi connectivity index (χ1v) is 9.36. The molecular formula is C12H26O4Si.